The van der Waals surface area contributed by atoms with Gasteiger partial charge in [0.1, 0.15) is 11.6 Å². The van der Waals surface area contributed by atoms with Gasteiger partial charge in [-0.15, -0.1) is 0 Å². The molecule has 0 radical (unpaired) electrons. The summed E-state index contributed by atoms with van der Waals surface area (Å²) in [4.78, 5) is 23.1. The van der Waals surface area contributed by atoms with E-state index < -0.39 is 27.7 Å². The van der Waals surface area contributed by atoms with Gasteiger partial charge in [-0.2, -0.15) is 0 Å². The van der Waals surface area contributed by atoms with Crippen molar-refractivity contribution in [2.75, 3.05) is 11.9 Å². The third-order valence-corrected chi connectivity index (χ3v) is 5.04. The lowest BCUT2D eigenvalue weighted by atomic mass is 10.1. The molecule has 1 heterocycles. The number of sulfonamides is 1. The third kappa shape index (κ3) is 4.17. The van der Waals surface area contributed by atoms with Crippen molar-refractivity contribution in [1.29, 1.82) is 0 Å². The number of ether oxygens (including phenoxy) is 1. The SMILES string of the molecule is O=C1COc2ccc(S(=O)(=O)NC(=O)CCc3cccc(F)c3)cc2N1. The van der Waals surface area contributed by atoms with Crippen molar-refractivity contribution in [3.63, 3.8) is 0 Å². The molecule has 0 saturated heterocycles. The Balaban J connectivity index is 1.67. The van der Waals surface area contributed by atoms with E-state index in [0.29, 0.717) is 11.3 Å². The van der Waals surface area contributed by atoms with E-state index in [1.54, 1.807) is 6.07 Å². The summed E-state index contributed by atoms with van der Waals surface area (Å²) in [5.41, 5.74) is 0.808. The molecule has 2 aromatic rings. The molecule has 26 heavy (non-hydrogen) atoms. The molecule has 0 spiro atoms. The normalized spacial score (nSPS) is 13.3. The molecule has 2 amide bonds. The fraction of sp³-hybridized carbons (Fsp3) is 0.176. The number of hydrogen-bond acceptors (Lipinski definition) is 5. The van der Waals surface area contributed by atoms with Crippen LogP contribution in [0.15, 0.2) is 47.4 Å². The van der Waals surface area contributed by atoms with E-state index in [1.165, 1.54) is 36.4 Å². The Morgan fingerprint density at radius 2 is 2.04 bits per heavy atom. The van der Waals surface area contributed by atoms with Gasteiger partial charge in [0, 0.05) is 6.42 Å². The van der Waals surface area contributed by atoms with Gasteiger partial charge in [0.25, 0.3) is 15.9 Å². The molecule has 0 atom stereocenters. The molecule has 9 heteroatoms. The number of carbonyl (C=O) groups is 2. The summed E-state index contributed by atoms with van der Waals surface area (Å²) in [5, 5.41) is 2.50. The van der Waals surface area contributed by atoms with Crippen LogP contribution in [-0.2, 0) is 26.0 Å². The largest absolute Gasteiger partial charge is 0.482 e. The first kappa shape index (κ1) is 17.9. The smallest absolute Gasteiger partial charge is 0.264 e. The van der Waals surface area contributed by atoms with Crippen LogP contribution in [0.3, 0.4) is 0 Å². The topological polar surface area (TPSA) is 102 Å². The van der Waals surface area contributed by atoms with Crippen LogP contribution in [0.1, 0.15) is 12.0 Å². The minimum atomic E-state index is -4.10. The zero-order chi connectivity index (χ0) is 18.7. The highest BCUT2D eigenvalue weighted by Crippen LogP contribution is 2.30. The highest BCUT2D eigenvalue weighted by atomic mass is 32.2. The van der Waals surface area contributed by atoms with Crippen LogP contribution in [0.4, 0.5) is 10.1 Å². The number of aryl methyl sites for hydroxylation is 1. The lowest BCUT2D eigenvalue weighted by Crippen LogP contribution is -2.31. The molecule has 136 valence electrons. The lowest BCUT2D eigenvalue weighted by Gasteiger charge is -2.18. The highest BCUT2D eigenvalue weighted by molar-refractivity contribution is 7.90. The van der Waals surface area contributed by atoms with Crippen molar-refractivity contribution in [3.05, 3.63) is 53.8 Å². The molecule has 0 aliphatic carbocycles. The molecule has 2 N–H and O–H groups in total. The summed E-state index contributed by atoms with van der Waals surface area (Å²) in [6, 6.07) is 9.63. The fourth-order valence-electron chi connectivity index (χ4n) is 2.44. The van der Waals surface area contributed by atoms with Crippen LogP contribution in [0.2, 0.25) is 0 Å². The minimum absolute atomic E-state index is 0.118. The molecule has 7 nitrogen and oxygen atoms in total. The van der Waals surface area contributed by atoms with Crippen LogP contribution in [0.5, 0.6) is 5.75 Å². The summed E-state index contributed by atoms with van der Waals surface area (Å²) >= 11 is 0. The average molecular weight is 378 g/mol. The standard InChI is InChI=1S/C17H15FN2O5S/c18-12-3-1-2-11(8-12)4-7-16(21)20-26(23,24)13-5-6-15-14(9-13)19-17(22)10-25-15/h1-3,5-6,8-9H,4,7,10H2,(H,19,22)(H,20,21). The monoisotopic (exact) mass is 378 g/mol. The second-order valence-electron chi connectivity index (χ2n) is 5.65. The van der Waals surface area contributed by atoms with Gasteiger partial charge >= 0.3 is 0 Å². The van der Waals surface area contributed by atoms with E-state index in [-0.39, 0.29) is 30.0 Å². The zero-order valence-corrected chi connectivity index (χ0v) is 14.3. The summed E-state index contributed by atoms with van der Waals surface area (Å²) in [6.07, 6.45) is 0.0840. The Bertz CT molecular complexity index is 975. The molecule has 2 aromatic carbocycles. The van der Waals surface area contributed by atoms with Gasteiger partial charge in [0.05, 0.1) is 10.6 Å². The van der Waals surface area contributed by atoms with E-state index in [4.69, 9.17) is 4.74 Å². The maximum Gasteiger partial charge on any atom is 0.264 e. The van der Waals surface area contributed by atoms with Gasteiger partial charge < -0.3 is 10.1 Å². The number of fused-ring (bicyclic) bond motifs is 1. The van der Waals surface area contributed by atoms with E-state index in [1.807, 2.05) is 4.72 Å². The molecular formula is C17H15FN2O5S. The van der Waals surface area contributed by atoms with Crippen molar-refractivity contribution in [2.24, 2.45) is 0 Å². The first-order valence-corrected chi connectivity index (χ1v) is 9.18. The Morgan fingerprint density at radius 1 is 1.23 bits per heavy atom. The molecule has 0 bridgehead atoms. The summed E-state index contributed by atoms with van der Waals surface area (Å²) in [7, 11) is -4.10. The Morgan fingerprint density at radius 3 is 2.81 bits per heavy atom. The third-order valence-electron chi connectivity index (χ3n) is 3.67. The van der Waals surface area contributed by atoms with E-state index in [2.05, 4.69) is 5.32 Å². The van der Waals surface area contributed by atoms with Crippen molar-refractivity contribution >= 4 is 27.5 Å². The van der Waals surface area contributed by atoms with Gasteiger partial charge in [-0.05, 0) is 42.3 Å². The van der Waals surface area contributed by atoms with Gasteiger partial charge in [-0.25, -0.2) is 17.5 Å². The maximum atomic E-state index is 13.1. The maximum absolute atomic E-state index is 13.1. The molecule has 3 rings (SSSR count). The van der Waals surface area contributed by atoms with E-state index >= 15 is 0 Å². The first-order chi connectivity index (χ1) is 12.3. The van der Waals surface area contributed by atoms with Gasteiger partial charge in [-0.3, -0.25) is 9.59 Å². The molecule has 0 aromatic heterocycles. The summed E-state index contributed by atoms with van der Waals surface area (Å²) in [6.45, 7) is -0.143. The van der Waals surface area contributed by atoms with Crippen LogP contribution in [0.25, 0.3) is 0 Å². The number of benzene rings is 2. The van der Waals surface area contributed by atoms with Crippen molar-refractivity contribution in [3.8, 4) is 5.75 Å². The van der Waals surface area contributed by atoms with Crippen LogP contribution in [-0.4, -0.2) is 26.8 Å². The Labute approximate surface area is 149 Å². The second-order valence-corrected chi connectivity index (χ2v) is 7.34. The predicted octanol–water partition coefficient (Wildman–Crippen LogP) is 1.59. The number of halogens is 1. The van der Waals surface area contributed by atoms with E-state index in [0.717, 1.165) is 0 Å². The van der Waals surface area contributed by atoms with Crippen LogP contribution >= 0.6 is 0 Å². The first-order valence-electron chi connectivity index (χ1n) is 7.70. The molecule has 1 aliphatic rings. The van der Waals surface area contributed by atoms with Crippen LogP contribution < -0.4 is 14.8 Å². The number of hydrogen-bond donors (Lipinski definition) is 2. The van der Waals surface area contributed by atoms with Gasteiger partial charge in [0.15, 0.2) is 6.61 Å². The Hall–Kier alpha value is -2.94. The number of rotatable bonds is 5. The quantitative estimate of drug-likeness (QED) is 0.823. The van der Waals surface area contributed by atoms with Crippen molar-refractivity contribution in [2.45, 2.75) is 17.7 Å². The number of anilines is 1. The fourth-order valence-corrected chi connectivity index (χ4v) is 3.48. The predicted molar refractivity (Wildman–Crippen MR) is 90.6 cm³/mol. The molecular weight excluding hydrogens is 363 g/mol. The van der Waals surface area contributed by atoms with Crippen molar-refractivity contribution in [1.82, 2.24) is 4.72 Å². The van der Waals surface area contributed by atoms with E-state index in [9.17, 15) is 22.4 Å². The second kappa shape index (κ2) is 7.12. The van der Waals surface area contributed by atoms with Gasteiger partial charge in [-0.1, -0.05) is 12.1 Å². The number of carbonyl (C=O) groups excluding carboxylic acids is 2. The molecule has 0 saturated carbocycles. The summed E-state index contributed by atoms with van der Waals surface area (Å²) < 4.78 is 44.9. The average Bonchev–Trinajstić information content (AvgIpc) is 2.59. The Kier molecular flexibility index (Phi) is 4.90. The minimum Gasteiger partial charge on any atom is -0.482 e. The molecule has 1 aliphatic heterocycles. The number of nitrogens with one attached hydrogen (secondary N) is 2. The molecule has 0 fully saturated rings. The summed E-state index contributed by atoms with van der Waals surface area (Å²) in [5.74, 6) is -1.19. The van der Waals surface area contributed by atoms with Crippen molar-refractivity contribution < 1.29 is 27.1 Å². The highest BCUT2D eigenvalue weighted by Gasteiger charge is 2.22. The number of amides is 2. The lowest BCUT2D eigenvalue weighted by molar-refractivity contribution is -0.119. The molecule has 0 unspecified atom stereocenters. The zero-order valence-electron chi connectivity index (χ0n) is 13.5. The van der Waals surface area contributed by atoms with Gasteiger partial charge in [0.2, 0.25) is 5.91 Å². The van der Waals surface area contributed by atoms with Crippen LogP contribution in [0, 0.1) is 5.82 Å².